The van der Waals surface area contributed by atoms with E-state index in [1.165, 1.54) is 16.7 Å². The van der Waals surface area contributed by atoms with Crippen LogP contribution in [0.25, 0.3) is 27.7 Å². The van der Waals surface area contributed by atoms with E-state index in [2.05, 4.69) is 15.6 Å². The van der Waals surface area contributed by atoms with E-state index in [9.17, 15) is 19.1 Å². The van der Waals surface area contributed by atoms with Gasteiger partial charge >= 0.3 is 6.03 Å². The Labute approximate surface area is 192 Å². The number of hydrogen-bond acceptors (Lipinski definition) is 4. The summed E-state index contributed by atoms with van der Waals surface area (Å²) in [6, 6.07) is 16.4. The van der Waals surface area contributed by atoms with E-state index in [0.29, 0.717) is 16.3 Å². The van der Waals surface area contributed by atoms with Gasteiger partial charge in [0.1, 0.15) is 11.5 Å². The Morgan fingerprint density at radius 1 is 1.06 bits per heavy atom. The molecule has 1 saturated heterocycles. The number of carbonyl (C=O) groups is 2. The lowest BCUT2D eigenvalue weighted by molar-refractivity contribution is -0.124. The van der Waals surface area contributed by atoms with Gasteiger partial charge in [-0.15, -0.1) is 0 Å². The highest BCUT2D eigenvalue weighted by atomic mass is 19.1. The number of hydrogen-bond donors (Lipinski definition) is 3. The minimum Gasteiger partial charge on any atom is -0.494 e. The maximum absolute atomic E-state index is 13.7. The minimum absolute atomic E-state index is 0.0817. The van der Waals surface area contributed by atoms with Crippen LogP contribution in [0, 0.1) is 5.82 Å². The first-order valence-electron chi connectivity index (χ1n) is 10.6. The number of aromatic hydroxyl groups is 1. The maximum atomic E-state index is 13.7. The lowest BCUT2D eigenvalue weighted by Gasteiger charge is -2.27. The van der Waals surface area contributed by atoms with Crippen molar-refractivity contribution < 1.29 is 19.1 Å². The molecule has 168 valence electrons. The van der Waals surface area contributed by atoms with Gasteiger partial charge in [-0.25, -0.2) is 14.2 Å². The Hall–Kier alpha value is -4.66. The Bertz CT molecular complexity index is 1600. The van der Waals surface area contributed by atoms with Crippen molar-refractivity contribution in [3.63, 3.8) is 0 Å². The van der Waals surface area contributed by atoms with Crippen molar-refractivity contribution in [3.8, 4) is 17.1 Å². The van der Waals surface area contributed by atoms with Gasteiger partial charge in [0.2, 0.25) is 0 Å². The molecule has 4 heterocycles. The third kappa shape index (κ3) is 2.94. The fourth-order valence-corrected chi connectivity index (χ4v) is 4.56. The van der Waals surface area contributed by atoms with Gasteiger partial charge in [0.05, 0.1) is 18.4 Å². The quantitative estimate of drug-likeness (QED) is 0.361. The first-order valence-corrected chi connectivity index (χ1v) is 10.6. The molecule has 1 fully saturated rings. The number of urea groups is 1. The average Bonchev–Trinajstić information content (AvgIpc) is 3.48. The molecule has 0 saturated carbocycles. The molecule has 5 aromatic rings. The van der Waals surface area contributed by atoms with Crippen molar-refractivity contribution >= 4 is 28.4 Å². The second-order valence-electron chi connectivity index (χ2n) is 8.28. The van der Waals surface area contributed by atoms with Crippen LogP contribution in [0.4, 0.5) is 9.18 Å². The number of fused-ring (bicyclic) bond motifs is 2. The zero-order valence-electron chi connectivity index (χ0n) is 17.7. The summed E-state index contributed by atoms with van der Waals surface area (Å²) in [5.74, 6) is -1.21. The second-order valence-corrected chi connectivity index (χ2v) is 8.28. The van der Waals surface area contributed by atoms with Crippen LogP contribution in [-0.2, 0) is 16.9 Å². The Morgan fingerprint density at radius 3 is 2.65 bits per heavy atom. The number of nitrogens with zero attached hydrogens (tertiary/aromatic N) is 3. The number of benzene rings is 2. The SMILES string of the molecule is O=C1NC(=O)[C@](Cn2cc3ccc(F)cc3c2O)(c2ccc(-c3cnc4ccccn34)cc2)N1. The molecular formula is C25H18FN5O3. The van der Waals surface area contributed by atoms with Crippen LogP contribution in [-0.4, -0.2) is 31.0 Å². The lowest BCUT2D eigenvalue weighted by atomic mass is 9.89. The van der Waals surface area contributed by atoms with Crippen molar-refractivity contribution in [1.82, 2.24) is 24.6 Å². The summed E-state index contributed by atoms with van der Waals surface area (Å²) in [5.41, 5.74) is 1.66. The number of carbonyl (C=O) groups excluding carboxylic acids is 2. The number of halogens is 1. The molecule has 9 heteroatoms. The molecular weight excluding hydrogens is 437 g/mol. The third-order valence-corrected chi connectivity index (χ3v) is 6.26. The third-order valence-electron chi connectivity index (χ3n) is 6.26. The number of aromatic nitrogens is 3. The maximum Gasteiger partial charge on any atom is 0.322 e. The molecule has 2 aromatic carbocycles. The highest BCUT2D eigenvalue weighted by Gasteiger charge is 2.48. The fraction of sp³-hybridized carbons (Fsp3) is 0.0800. The number of nitrogens with one attached hydrogen (secondary N) is 2. The van der Waals surface area contributed by atoms with Gasteiger partial charge in [-0.2, -0.15) is 0 Å². The van der Waals surface area contributed by atoms with Crippen LogP contribution < -0.4 is 10.6 Å². The van der Waals surface area contributed by atoms with E-state index in [4.69, 9.17) is 0 Å². The molecule has 0 bridgehead atoms. The van der Waals surface area contributed by atoms with Gasteiger partial charge in [-0.1, -0.05) is 30.3 Å². The monoisotopic (exact) mass is 455 g/mol. The van der Waals surface area contributed by atoms with Crippen LogP contribution in [0.1, 0.15) is 5.56 Å². The molecule has 1 aliphatic heterocycles. The first kappa shape index (κ1) is 20.0. The first-order chi connectivity index (χ1) is 16.4. The van der Waals surface area contributed by atoms with Crippen LogP contribution in [0.5, 0.6) is 5.88 Å². The molecule has 34 heavy (non-hydrogen) atoms. The molecule has 0 spiro atoms. The predicted molar refractivity (Wildman–Crippen MR) is 123 cm³/mol. The Morgan fingerprint density at radius 2 is 1.88 bits per heavy atom. The molecule has 3 N–H and O–H groups in total. The molecule has 0 aliphatic carbocycles. The summed E-state index contributed by atoms with van der Waals surface area (Å²) in [6.45, 7) is -0.0817. The van der Waals surface area contributed by atoms with Gasteiger partial charge in [0.25, 0.3) is 5.91 Å². The molecule has 8 nitrogen and oxygen atoms in total. The van der Waals surface area contributed by atoms with E-state index in [-0.39, 0.29) is 12.4 Å². The standard InChI is InChI=1S/C25H18FN5O3/c26-18-9-6-16-13-30(22(32)19(16)11-18)14-25(23(33)28-24(34)29-25)17-7-4-15(5-8-17)20-12-27-21-3-1-2-10-31(20)21/h1-13,32H,14H2,(H2,28,29,33,34)/t25-/m0/s1. The Balaban J connectivity index is 1.42. The number of rotatable bonds is 4. The summed E-state index contributed by atoms with van der Waals surface area (Å²) >= 11 is 0. The smallest absolute Gasteiger partial charge is 0.322 e. The van der Waals surface area contributed by atoms with Crippen molar-refractivity contribution in [2.75, 3.05) is 0 Å². The summed E-state index contributed by atoms with van der Waals surface area (Å²) in [6.07, 6.45) is 5.31. The van der Waals surface area contributed by atoms with Crippen molar-refractivity contribution in [3.05, 3.63) is 90.6 Å². The molecule has 6 rings (SSSR count). The summed E-state index contributed by atoms with van der Waals surface area (Å²) in [5, 5.41) is 16.7. The number of imide groups is 1. The van der Waals surface area contributed by atoms with Crippen molar-refractivity contribution in [1.29, 1.82) is 0 Å². The summed E-state index contributed by atoms with van der Waals surface area (Å²) in [4.78, 5) is 29.6. The van der Waals surface area contributed by atoms with Crippen LogP contribution in [0.2, 0.25) is 0 Å². The van der Waals surface area contributed by atoms with E-state index >= 15 is 0 Å². The van der Waals surface area contributed by atoms with E-state index in [0.717, 1.165) is 16.9 Å². The van der Waals surface area contributed by atoms with Crippen molar-refractivity contribution in [2.24, 2.45) is 0 Å². The molecule has 3 aromatic heterocycles. The number of amides is 3. The fourth-order valence-electron chi connectivity index (χ4n) is 4.56. The highest BCUT2D eigenvalue weighted by Crippen LogP contribution is 2.34. The van der Waals surface area contributed by atoms with Crippen LogP contribution >= 0.6 is 0 Å². The van der Waals surface area contributed by atoms with Gasteiger partial charge in [0, 0.05) is 28.7 Å². The molecule has 3 amide bonds. The minimum atomic E-state index is -1.46. The topological polar surface area (TPSA) is 101 Å². The lowest BCUT2D eigenvalue weighted by Crippen LogP contribution is -2.47. The van der Waals surface area contributed by atoms with E-state index in [1.54, 1.807) is 30.6 Å². The van der Waals surface area contributed by atoms with E-state index < -0.39 is 23.3 Å². The van der Waals surface area contributed by atoms with Crippen molar-refractivity contribution in [2.45, 2.75) is 12.1 Å². The predicted octanol–water partition coefficient (Wildman–Crippen LogP) is 3.54. The Kier molecular flexibility index (Phi) is 4.22. The van der Waals surface area contributed by atoms with Gasteiger partial charge in [0.15, 0.2) is 11.4 Å². The summed E-state index contributed by atoms with van der Waals surface area (Å²) in [7, 11) is 0. The second kappa shape index (κ2) is 7.17. The number of pyridine rings is 1. The molecule has 0 radical (unpaired) electrons. The largest absolute Gasteiger partial charge is 0.494 e. The molecule has 1 aliphatic rings. The highest BCUT2D eigenvalue weighted by molar-refractivity contribution is 6.07. The van der Waals surface area contributed by atoms with Crippen LogP contribution in [0.3, 0.4) is 0 Å². The van der Waals surface area contributed by atoms with Crippen LogP contribution in [0.15, 0.2) is 79.3 Å². The van der Waals surface area contributed by atoms with Gasteiger partial charge < -0.3 is 15.0 Å². The summed E-state index contributed by atoms with van der Waals surface area (Å²) < 4.78 is 17.1. The zero-order valence-corrected chi connectivity index (χ0v) is 17.7. The normalized spacial score (nSPS) is 17.9. The molecule has 1 atom stereocenters. The van der Waals surface area contributed by atoms with Gasteiger partial charge in [-0.3, -0.25) is 14.5 Å². The average molecular weight is 455 g/mol. The zero-order chi connectivity index (χ0) is 23.4. The number of imidazole rings is 1. The van der Waals surface area contributed by atoms with E-state index in [1.807, 2.05) is 40.9 Å². The van der Waals surface area contributed by atoms with Gasteiger partial charge in [-0.05, 0) is 35.9 Å². The molecule has 0 unspecified atom stereocenters.